The first-order chi connectivity index (χ1) is 8.79. The maximum absolute atomic E-state index is 11.8. The summed E-state index contributed by atoms with van der Waals surface area (Å²) in [6.45, 7) is 0. The third-order valence-corrected chi connectivity index (χ3v) is 5.69. The number of rotatable bonds is 3. The number of nitrogens with zero attached hydrogens (tertiary/aromatic N) is 1. The smallest absolute Gasteiger partial charge is 0.246 e. The van der Waals surface area contributed by atoms with Crippen LogP contribution in [0.15, 0.2) is 0 Å². The molecule has 0 bridgehead atoms. The molecule has 19 heavy (non-hydrogen) atoms. The van der Waals surface area contributed by atoms with Crippen molar-refractivity contribution in [3.05, 3.63) is 0 Å². The maximum atomic E-state index is 11.8. The third-order valence-electron chi connectivity index (χ3n) is 4.05. The standard InChI is InChI=1S/C12H20N2O4S/c1-14-11(15)7-10(12(14)16)13-8-4-3-5-9(6-8)19(2,17)18/h8-10,13H,3-7H2,1-2H3. The quantitative estimate of drug-likeness (QED) is 0.720. The molecule has 7 heteroatoms. The number of likely N-dealkylation sites (tertiary alicyclic amines) is 1. The molecule has 108 valence electrons. The third kappa shape index (κ3) is 3.14. The second-order valence-corrected chi connectivity index (χ2v) is 7.86. The van der Waals surface area contributed by atoms with Gasteiger partial charge in [-0.25, -0.2) is 8.42 Å². The summed E-state index contributed by atoms with van der Waals surface area (Å²) in [5.74, 6) is -0.399. The predicted molar refractivity (Wildman–Crippen MR) is 70.2 cm³/mol. The normalized spacial score (nSPS) is 32.9. The number of nitrogens with one attached hydrogen (secondary N) is 1. The molecule has 6 nitrogen and oxygen atoms in total. The maximum Gasteiger partial charge on any atom is 0.246 e. The minimum Gasteiger partial charge on any atom is -0.303 e. The van der Waals surface area contributed by atoms with Gasteiger partial charge >= 0.3 is 0 Å². The summed E-state index contributed by atoms with van der Waals surface area (Å²) in [5, 5.41) is 2.82. The second kappa shape index (κ2) is 5.20. The lowest BCUT2D eigenvalue weighted by molar-refractivity contribution is -0.137. The van der Waals surface area contributed by atoms with Crippen LogP contribution < -0.4 is 5.32 Å². The molecule has 0 aromatic rings. The number of imide groups is 1. The van der Waals surface area contributed by atoms with Crippen LogP contribution in [0.25, 0.3) is 0 Å². The Kier molecular flexibility index (Phi) is 3.96. The summed E-state index contributed by atoms with van der Waals surface area (Å²) in [6, 6.07) is -0.484. The van der Waals surface area contributed by atoms with Crippen molar-refractivity contribution in [1.82, 2.24) is 10.2 Å². The topological polar surface area (TPSA) is 83.6 Å². The first-order valence-corrected chi connectivity index (χ1v) is 8.50. The van der Waals surface area contributed by atoms with Crippen molar-refractivity contribution >= 4 is 21.7 Å². The van der Waals surface area contributed by atoms with E-state index >= 15 is 0 Å². The summed E-state index contributed by atoms with van der Waals surface area (Å²) in [4.78, 5) is 24.4. The van der Waals surface area contributed by atoms with Gasteiger partial charge < -0.3 is 5.32 Å². The monoisotopic (exact) mass is 288 g/mol. The number of hydrogen-bond donors (Lipinski definition) is 1. The predicted octanol–water partition coefficient (Wildman–Crippen LogP) is -0.311. The molecule has 1 aliphatic heterocycles. The van der Waals surface area contributed by atoms with E-state index in [1.807, 2.05) is 0 Å². The van der Waals surface area contributed by atoms with Crippen molar-refractivity contribution in [1.29, 1.82) is 0 Å². The van der Waals surface area contributed by atoms with Gasteiger partial charge in [0.05, 0.1) is 17.7 Å². The molecule has 2 rings (SSSR count). The number of amides is 2. The number of carbonyl (C=O) groups excluding carboxylic acids is 2. The molecular weight excluding hydrogens is 268 g/mol. The molecule has 0 aromatic carbocycles. The zero-order chi connectivity index (χ0) is 14.2. The molecule has 0 spiro atoms. The summed E-state index contributed by atoms with van der Waals surface area (Å²) in [6.07, 6.45) is 4.34. The Hall–Kier alpha value is -0.950. The van der Waals surface area contributed by atoms with Crippen LogP contribution >= 0.6 is 0 Å². The Labute approximate surface area is 113 Å². The van der Waals surface area contributed by atoms with Crippen LogP contribution in [0.4, 0.5) is 0 Å². The number of sulfone groups is 1. The molecule has 1 heterocycles. The molecule has 1 N–H and O–H groups in total. The number of carbonyl (C=O) groups is 2. The molecular formula is C12H20N2O4S. The summed E-state index contributed by atoms with van der Waals surface area (Å²) in [5.41, 5.74) is 0. The van der Waals surface area contributed by atoms with Gasteiger partial charge in [0, 0.05) is 19.3 Å². The van der Waals surface area contributed by atoms with Gasteiger partial charge in [-0.15, -0.1) is 0 Å². The van der Waals surface area contributed by atoms with Gasteiger partial charge in [0.1, 0.15) is 9.84 Å². The number of hydrogen-bond acceptors (Lipinski definition) is 5. The van der Waals surface area contributed by atoms with Crippen LogP contribution in [0.1, 0.15) is 32.1 Å². The van der Waals surface area contributed by atoms with Crippen molar-refractivity contribution in [3.63, 3.8) is 0 Å². The lowest BCUT2D eigenvalue weighted by Crippen LogP contribution is -2.46. The second-order valence-electron chi connectivity index (χ2n) is 5.53. The Morgan fingerprint density at radius 3 is 2.47 bits per heavy atom. The fourth-order valence-corrected chi connectivity index (χ4v) is 4.03. The highest BCUT2D eigenvalue weighted by molar-refractivity contribution is 7.91. The summed E-state index contributed by atoms with van der Waals surface area (Å²) in [7, 11) is -1.55. The minimum atomic E-state index is -3.03. The minimum absolute atomic E-state index is 0.00160. The number of likely N-dealkylation sites (N-methyl/N-ethyl adjacent to an activating group) is 1. The molecule has 2 aliphatic rings. The van der Waals surface area contributed by atoms with E-state index in [4.69, 9.17) is 0 Å². The molecule has 3 atom stereocenters. The zero-order valence-corrected chi connectivity index (χ0v) is 12.1. The van der Waals surface area contributed by atoms with Crippen LogP contribution in [-0.4, -0.2) is 55.8 Å². The Balaban J connectivity index is 1.97. The van der Waals surface area contributed by atoms with Gasteiger partial charge in [-0.1, -0.05) is 6.42 Å². The van der Waals surface area contributed by atoms with E-state index in [2.05, 4.69) is 5.32 Å². The highest BCUT2D eigenvalue weighted by atomic mass is 32.2. The van der Waals surface area contributed by atoms with E-state index in [-0.39, 0.29) is 29.5 Å². The molecule has 2 fully saturated rings. The lowest BCUT2D eigenvalue weighted by atomic mass is 9.94. The molecule has 0 aromatic heterocycles. The Morgan fingerprint density at radius 2 is 1.95 bits per heavy atom. The average Bonchev–Trinajstić information content (AvgIpc) is 2.56. The molecule has 1 saturated heterocycles. The van der Waals surface area contributed by atoms with Crippen molar-refractivity contribution in [2.24, 2.45) is 0 Å². The molecule has 0 radical (unpaired) electrons. The van der Waals surface area contributed by atoms with Crippen LogP contribution in [0.3, 0.4) is 0 Å². The van der Waals surface area contributed by atoms with Crippen LogP contribution in [0.2, 0.25) is 0 Å². The van der Waals surface area contributed by atoms with Crippen LogP contribution in [-0.2, 0) is 19.4 Å². The van der Waals surface area contributed by atoms with Gasteiger partial charge in [0.15, 0.2) is 0 Å². The zero-order valence-electron chi connectivity index (χ0n) is 11.3. The average molecular weight is 288 g/mol. The molecule has 2 amide bonds. The van der Waals surface area contributed by atoms with Crippen LogP contribution in [0, 0.1) is 0 Å². The van der Waals surface area contributed by atoms with E-state index in [1.165, 1.54) is 13.3 Å². The van der Waals surface area contributed by atoms with Crippen molar-refractivity contribution in [2.45, 2.75) is 49.4 Å². The van der Waals surface area contributed by atoms with Gasteiger partial charge in [-0.3, -0.25) is 14.5 Å². The van der Waals surface area contributed by atoms with Crippen LogP contribution in [0.5, 0.6) is 0 Å². The molecule has 1 saturated carbocycles. The van der Waals surface area contributed by atoms with Gasteiger partial charge in [-0.05, 0) is 19.3 Å². The van der Waals surface area contributed by atoms with E-state index in [0.717, 1.165) is 17.7 Å². The molecule has 3 unspecified atom stereocenters. The van der Waals surface area contributed by atoms with E-state index in [9.17, 15) is 18.0 Å². The highest BCUT2D eigenvalue weighted by Crippen LogP contribution is 2.25. The van der Waals surface area contributed by atoms with Crippen molar-refractivity contribution < 1.29 is 18.0 Å². The summed E-state index contributed by atoms with van der Waals surface area (Å²) < 4.78 is 23.2. The first kappa shape index (κ1) is 14.5. The first-order valence-electron chi connectivity index (χ1n) is 6.54. The van der Waals surface area contributed by atoms with Gasteiger partial charge in [0.25, 0.3) is 0 Å². The largest absolute Gasteiger partial charge is 0.303 e. The Morgan fingerprint density at radius 1 is 1.26 bits per heavy atom. The fraction of sp³-hybridized carbons (Fsp3) is 0.833. The van der Waals surface area contributed by atoms with E-state index < -0.39 is 15.9 Å². The van der Waals surface area contributed by atoms with E-state index in [1.54, 1.807) is 0 Å². The summed E-state index contributed by atoms with van der Waals surface area (Å²) >= 11 is 0. The van der Waals surface area contributed by atoms with Gasteiger partial charge in [0.2, 0.25) is 11.8 Å². The fourth-order valence-electron chi connectivity index (χ4n) is 2.86. The van der Waals surface area contributed by atoms with Gasteiger partial charge in [-0.2, -0.15) is 0 Å². The van der Waals surface area contributed by atoms with Crippen molar-refractivity contribution in [2.75, 3.05) is 13.3 Å². The lowest BCUT2D eigenvalue weighted by Gasteiger charge is -2.30. The molecule has 1 aliphatic carbocycles. The van der Waals surface area contributed by atoms with E-state index in [0.29, 0.717) is 12.8 Å². The SMILES string of the molecule is CN1C(=O)CC(NC2CCCC(S(C)(=O)=O)C2)C1=O. The Bertz CT molecular complexity index is 488. The van der Waals surface area contributed by atoms with Crippen molar-refractivity contribution in [3.8, 4) is 0 Å². The highest BCUT2D eigenvalue weighted by Gasteiger charge is 2.38.